The van der Waals surface area contributed by atoms with Crippen molar-refractivity contribution in [2.75, 3.05) is 6.61 Å². The second-order valence-electron chi connectivity index (χ2n) is 6.58. The van der Waals surface area contributed by atoms with E-state index in [-0.39, 0.29) is 10.5 Å². The second-order valence-corrected chi connectivity index (χ2v) is 8.30. The molecule has 0 aliphatic rings. The van der Waals surface area contributed by atoms with Crippen LogP contribution in [-0.2, 0) is 19.6 Å². The third-order valence-corrected chi connectivity index (χ3v) is 5.77. The van der Waals surface area contributed by atoms with Gasteiger partial charge in [0.1, 0.15) is 5.75 Å². The number of nitrogens with zero attached hydrogens (tertiary/aromatic N) is 1. The fraction of sp³-hybridized carbons (Fsp3) is 0.190. The molecule has 1 atom stereocenters. The lowest BCUT2D eigenvalue weighted by atomic mass is 10.0. The van der Waals surface area contributed by atoms with Crippen molar-refractivity contribution < 1.29 is 27.5 Å². The molecule has 1 aromatic heterocycles. The summed E-state index contributed by atoms with van der Waals surface area (Å²) in [6, 6.07) is 12.3. The number of aromatic amines is 1. The number of nitrogens with two attached hydrogens (primary N) is 1. The number of esters is 2. The minimum Gasteiger partial charge on any atom is -0.493 e. The molecule has 0 radical (unpaired) electrons. The van der Waals surface area contributed by atoms with E-state index in [1.807, 2.05) is 0 Å². The average Bonchev–Trinajstić information content (AvgIpc) is 3.28. The van der Waals surface area contributed by atoms with Gasteiger partial charge in [-0.25, -0.2) is 18.2 Å². The highest BCUT2D eigenvalue weighted by molar-refractivity contribution is 7.89. The van der Waals surface area contributed by atoms with Gasteiger partial charge in [-0.1, -0.05) is 24.3 Å². The van der Waals surface area contributed by atoms with Crippen molar-refractivity contribution in [3.63, 3.8) is 0 Å². The van der Waals surface area contributed by atoms with Crippen LogP contribution in [-0.4, -0.2) is 43.1 Å². The first kappa shape index (κ1) is 23.1. The van der Waals surface area contributed by atoms with Crippen molar-refractivity contribution in [3.8, 4) is 17.0 Å². The monoisotopic (exact) mass is 458 g/mol. The minimum absolute atomic E-state index is 0.00293. The molecule has 0 aliphatic carbocycles. The van der Waals surface area contributed by atoms with Crippen LogP contribution in [0, 0.1) is 0 Å². The lowest BCUT2D eigenvalue weighted by Crippen LogP contribution is -2.43. The Bertz CT molecular complexity index is 1180. The van der Waals surface area contributed by atoms with Gasteiger partial charge in [0.2, 0.25) is 10.0 Å². The number of ether oxygens (including phenoxy) is 2. The summed E-state index contributed by atoms with van der Waals surface area (Å²) in [5.41, 5.74) is 6.71. The number of rotatable bonds is 9. The van der Waals surface area contributed by atoms with Crippen LogP contribution >= 0.6 is 0 Å². The van der Waals surface area contributed by atoms with Gasteiger partial charge in [-0.3, -0.25) is 4.79 Å². The summed E-state index contributed by atoms with van der Waals surface area (Å²) >= 11 is 0. The Morgan fingerprint density at radius 3 is 2.56 bits per heavy atom. The summed E-state index contributed by atoms with van der Waals surface area (Å²) in [7, 11) is -3.93. The Morgan fingerprint density at radius 2 is 1.91 bits per heavy atom. The van der Waals surface area contributed by atoms with Gasteiger partial charge < -0.3 is 20.2 Å². The molecule has 0 spiro atoms. The minimum atomic E-state index is -3.93. The molecule has 4 N–H and O–H groups in total. The lowest BCUT2D eigenvalue weighted by molar-refractivity contribution is -0.138. The second kappa shape index (κ2) is 10.2. The molecule has 3 rings (SSSR count). The summed E-state index contributed by atoms with van der Waals surface area (Å²) in [5.74, 6) is -1.51. The predicted octanol–water partition coefficient (Wildman–Crippen LogP) is 1.81. The first-order valence-corrected chi connectivity index (χ1v) is 11.1. The molecule has 32 heavy (non-hydrogen) atoms. The molecule has 0 amide bonds. The molecular weight excluding hydrogens is 436 g/mol. The number of aromatic nitrogens is 2. The molecule has 1 heterocycles. The Balaban J connectivity index is 1.71. The van der Waals surface area contributed by atoms with Gasteiger partial charge in [-0.2, -0.15) is 4.72 Å². The molecule has 0 saturated heterocycles. The Morgan fingerprint density at radius 1 is 1.16 bits per heavy atom. The van der Waals surface area contributed by atoms with Gasteiger partial charge in [0, 0.05) is 0 Å². The maximum atomic E-state index is 12.7. The standard InChI is InChI=1S/C21H22N4O6S/c1-2-30-17-10-6-9-15(20(17)16-12-23-13-24-16)21(27)31-19(26)11-18(22)25-32(28,29)14-7-4-3-5-8-14/h3-10,12-13,18,25H,2,11,22H2,1H3,(H,23,24). The first-order chi connectivity index (χ1) is 15.3. The van der Waals surface area contributed by atoms with Crippen molar-refractivity contribution in [2.24, 2.45) is 5.73 Å². The highest BCUT2D eigenvalue weighted by Gasteiger charge is 2.24. The lowest BCUT2D eigenvalue weighted by Gasteiger charge is -2.15. The van der Waals surface area contributed by atoms with Gasteiger partial charge in [0.05, 0.1) is 53.4 Å². The van der Waals surface area contributed by atoms with E-state index in [0.29, 0.717) is 23.6 Å². The largest absolute Gasteiger partial charge is 0.493 e. The summed E-state index contributed by atoms with van der Waals surface area (Å²) in [4.78, 5) is 31.8. The van der Waals surface area contributed by atoms with Crippen molar-refractivity contribution in [1.29, 1.82) is 0 Å². The average molecular weight is 458 g/mol. The molecule has 2 aromatic carbocycles. The van der Waals surface area contributed by atoms with Gasteiger partial charge in [-0.05, 0) is 31.2 Å². The number of H-pyrrole nitrogens is 1. The number of benzene rings is 2. The molecule has 0 aliphatic heterocycles. The fourth-order valence-corrected chi connectivity index (χ4v) is 4.07. The zero-order chi connectivity index (χ0) is 23.1. The van der Waals surface area contributed by atoms with Crippen LogP contribution in [0.5, 0.6) is 5.75 Å². The number of hydrogen-bond donors (Lipinski definition) is 3. The number of hydrogen-bond acceptors (Lipinski definition) is 8. The molecule has 11 heteroatoms. The molecule has 0 fully saturated rings. The number of carbonyl (C=O) groups excluding carboxylic acids is 2. The number of imidazole rings is 1. The van der Waals surface area contributed by atoms with E-state index in [1.54, 1.807) is 37.3 Å². The molecule has 168 valence electrons. The zero-order valence-electron chi connectivity index (χ0n) is 17.1. The van der Waals surface area contributed by atoms with Crippen molar-refractivity contribution in [2.45, 2.75) is 24.4 Å². The topological polar surface area (TPSA) is 153 Å². The summed E-state index contributed by atoms with van der Waals surface area (Å²) in [6.45, 7) is 2.15. The van der Waals surface area contributed by atoms with E-state index in [1.165, 1.54) is 30.7 Å². The SMILES string of the molecule is CCOc1cccc(C(=O)OC(=O)CC(N)NS(=O)(=O)c2ccccc2)c1-c1cnc[nH]1. The summed E-state index contributed by atoms with van der Waals surface area (Å²) in [5, 5.41) is 0. The van der Waals surface area contributed by atoms with Crippen LogP contribution in [0.15, 0.2) is 66.0 Å². The Hall–Kier alpha value is -3.54. The van der Waals surface area contributed by atoms with Crippen LogP contribution in [0.1, 0.15) is 23.7 Å². The van der Waals surface area contributed by atoms with E-state index in [2.05, 4.69) is 14.7 Å². The van der Waals surface area contributed by atoms with Crippen LogP contribution in [0.2, 0.25) is 0 Å². The van der Waals surface area contributed by atoms with Crippen molar-refractivity contribution in [3.05, 3.63) is 66.6 Å². The van der Waals surface area contributed by atoms with Crippen LogP contribution in [0.3, 0.4) is 0 Å². The first-order valence-electron chi connectivity index (χ1n) is 9.64. The number of carbonyl (C=O) groups is 2. The molecule has 3 aromatic rings. The summed E-state index contributed by atoms with van der Waals surface area (Å²) in [6.07, 6.45) is 1.10. The molecule has 1 unspecified atom stereocenters. The van der Waals surface area contributed by atoms with Gasteiger partial charge in [-0.15, -0.1) is 0 Å². The maximum absolute atomic E-state index is 12.7. The van der Waals surface area contributed by atoms with Crippen molar-refractivity contribution in [1.82, 2.24) is 14.7 Å². The van der Waals surface area contributed by atoms with Gasteiger partial charge in [0.15, 0.2) is 0 Å². The molecule has 0 saturated carbocycles. The number of nitrogens with one attached hydrogen (secondary N) is 2. The highest BCUT2D eigenvalue weighted by atomic mass is 32.2. The quantitative estimate of drug-likeness (QED) is 0.249. The van der Waals surface area contributed by atoms with Crippen LogP contribution in [0.4, 0.5) is 0 Å². The maximum Gasteiger partial charge on any atom is 0.346 e. The third kappa shape index (κ3) is 5.58. The molecular formula is C21H22N4O6S. The Labute approximate surface area is 184 Å². The van der Waals surface area contributed by atoms with Crippen LogP contribution < -0.4 is 15.2 Å². The van der Waals surface area contributed by atoms with E-state index >= 15 is 0 Å². The molecule has 0 bridgehead atoms. The van der Waals surface area contributed by atoms with Crippen molar-refractivity contribution >= 4 is 22.0 Å². The fourth-order valence-electron chi connectivity index (χ4n) is 2.94. The Kier molecular flexibility index (Phi) is 7.36. The summed E-state index contributed by atoms with van der Waals surface area (Å²) < 4.78 is 37.3. The predicted molar refractivity (Wildman–Crippen MR) is 115 cm³/mol. The van der Waals surface area contributed by atoms with Crippen LogP contribution in [0.25, 0.3) is 11.3 Å². The zero-order valence-corrected chi connectivity index (χ0v) is 18.0. The molecule has 10 nitrogen and oxygen atoms in total. The normalized spacial score (nSPS) is 12.2. The van der Waals surface area contributed by atoms with E-state index in [9.17, 15) is 18.0 Å². The van der Waals surface area contributed by atoms with Gasteiger partial charge >= 0.3 is 11.9 Å². The smallest absolute Gasteiger partial charge is 0.346 e. The number of sulfonamides is 1. The highest BCUT2D eigenvalue weighted by Crippen LogP contribution is 2.32. The third-order valence-electron chi connectivity index (χ3n) is 4.27. The van der Waals surface area contributed by atoms with E-state index < -0.39 is 34.5 Å². The van der Waals surface area contributed by atoms with Gasteiger partial charge in [0.25, 0.3) is 0 Å². The van der Waals surface area contributed by atoms with E-state index in [0.717, 1.165) is 0 Å². The van der Waals surface area contributed by atoms with E-state index in [4.69, 9.17) is 15.2 Å².